The Bertz CT molecular complexity index is 690. The highest BCUT2D eigenvalue weighted by atomic mass is 32.2. The molecule has 9 nitrogen and oxygen atoms in total. The second-order valence-electron chi connectivity index (χ2n) is 7.58. The Labute approximate surface area is 148 Å². The van der Waals surface area contributed by atoms with Crippen LogP contribution >= 0.6 is 0 Å². The summed E-state index contributed by atoms with van der Waals surface area (Å²) in [5.41, 5.74) is -1.76. The first-order valence-corrected chi connectivity index (χ1v) is 9.51. The maximum atomic E-state index is 12.7. The third-order valence-electron chi connectivity index (χ3n) is 4.68. The van der Waals surface area contributed by atoms with Crippen molar-refractivity contribution in [3.63, 3.8) is 0 Å². The van der Waals surface area contributed by atoms with E-state index in [4.69, 9.17) is 5.26 Å². The fourth-order valence-corrected chi connectivity index (χ4v) is 5.35. The number of nitriles is 1. The molecule has 1 amide bonds. The van der Waals surface area contributed by atoms with Gasteiger partial charge in [-0.1, -0.05) is 0 Å². The summed E-state index contributed by atoms with van der Waals surface area (Å²) in [6.45, 7) is 5.63. The standard InChI is InChI=1S/C15H24N4O5S/c1-14(2,3)19(13(21)22)25(23,24)18-10-15(11-18,6-7-16)17-8-4-12(20)5-9-17/h4-6,8-11H2,1-3H3,(H,21,22). The largest absolute Gasteiger partial charge is 0.464 e. The number of hydrogen-bond donors (Lipinski definition) is 1. The molecule has 0 spiro atoms. The lowest BCUT2D eigenvalue weighted by atomic mass is 9.85. The summed E-state index contributed by atoms with van der Waals surface area (Å²) in [5, 5.41) is 18.5. The Hall–Kier alpha value is -1.70. The van der Waals surface area contributed by atoms with Crippen LogP contribution in [0.25, 0.3) is 0 Å². The van der Waals surface area contributed by atoms with Crippen molar-refractivity contribution in [3.05, 3.63) is 0 Å². The molecule has 2 rings (SSSR count). The molecule has 2 heterocycles. The van der Waals surface area contributed by atoms with Crippen LogP contribution in [-0.2, 0) is 15.0 Å². The number of amides is 1. The SMILES string of the molecule is CC(C)(C)N(C(=O)O)S(=O)(=O)N1CC(CC#N)(N2CCC(=O)CC2)C1. The van der Waals surface area contributed by atoms with E-state index in [1.165, 1.54) is 20.8 Å². The maximum absolute atomic E-state index is 12.7. The number of carbonyl (C=O) groups excluding carboxylic acids is 1. The van der Waals surface area contributed by atoms with Crippen LogP contribution in [0.4, 0.5) is 4.79 Å². The van der Waals surface area contributed by atoms with Gasteiger partial charge in [-0.15, -0.1) is 0 Å². The number of rotatable bonds is 4. The van der Waals surface area contributed by atoms with Gasteiger partial charge in [0.15, 0.2) is 0 Å². The van der Waals surface area contributed by atoms with Crippen molar-refractivity contribution in [1.82, 2.24) is 13.5 Å². The van der Waals surface area contributed by atoms with Crippen molar-refractivity contribution in [2.75, 3.05) is 26.2 Å². The molecule has 0 unspecified atom stereocenters. The van der Waals surface area contributed by atoms with Gasteiger partial charge in [0.05, 0.1) is 23.6 Å². The van der Waals surface area contributed by atoms with E-state index in [0.717, 1.165) is 4.31 Å². The van der Waals surface area contributed by atoms with Crippen molar-refractivity contribution in [2.24, 2.45) is 0 Å². The first kappa shape index (κ1) is 19.6. The fraction of sp³-hybridized carbons (Fsp3) is 0.800. The van der Waals surface area contributed by atoms with Gasteiger partial charge in [-0.3, -0.25) is 9.69 Å². The molecule has 0 bridgehead atoms. The minimum atomic E-state index is -4.20. The molecule has 140 valence electrons. The summed E-state index contributed by atoms with van der Waals surface area (Å²) in [4.78, 5) is 24.9. The molecule has 2 aliphatic heterocycles. The number of likely N-dealkylation sites (tertiary alicyclic amines) is 1. The first-order valence-electron chi connectivity index (χ1n) is 8.11. The van der Waals surface area contributed by atoms with E-state index < -0.39 is 27.4 Å². The second kappa shape index (κ2) is 6.55. The second-order valence-corrected chi connectivity index (χ2v) is 9.36. The molecule has 25 heavy (non-hydrogen) atoms. The summed E-state index contributed by atoms with van der Waals surface area (Å²) in [6.07, 6.45) is -0.615. The molecule has 0 aromatic carbocycles. The molecule has 0 aromatic rings. The Balaban J connectivity index is 2.20. The minimum Gasteiger partial charge on any atom is -0.464 e. The average Bonchev–Trinajstić information content (AvgIpc) is 2.40. The third-order valence-corrected chi connectivity index (χ3v) is 6.76. The van der Waals surface area contributed by atoms with Gasteiger partial charge in [-0.25, -0.2) is 4.79 Å². The maximum Gasteiger partial charge on any atom is 0.422 e. The van der Waals surface area contributed by atoms with Gasteiger partial charge in [0.1, 0.15) is 5.78 Å². The molecule has 0 saturated carbocycles. The molecule has 1 N–H and O–H groups in total. The Morgan fingerprint density at radius 2 is 1.84 bits per heavy atom. The zero-order valence-corrected chi connectivity index (χ0v) is 15.5. The molecule has 0 radical (unpaired) electrons. The lowest BCUT2D eigenvalue weighted by Gasteiger charge is -2.55. The van der Waals surface area contributed by atoms with E-state index in [1.54, 1.807) is 0 Å². The number of Topliss-reactive ketones (excluding diaryl/α,β-unsaturated/α-hetero) is 1. The number of carbonyl (C=O) groups is 2. The minimum absolute atomic E-state index is 0.0525. The van der Waals surface area contributed by atoms with Crippen molar-refractivity contribution in [2.45, 2.75) is 51.1 Å². The highest BCUT2D eigenvalue weighted by Gasteiger charge is 2.55. The zero-order chi connectivity index (χ0) is 19.0. The van der Waals surface area contributed by atoms with Gasteiger partial charge in [0.2, 0.25) is 0 Å². The van der Waals surface area contributed by atoms with Crippen LogP contribution in [0.15, 0.2) is 0 Å². The molecule has 0 atom stereocenters. The number of piperidine rings is 1. The Morgan fingerprint density at radius 1 is 1.32 bits per heavy atom. The Kier molecular flexibility index (Phi) is 5.14. The van der Waals surface area contributed by atoms with Crippen molar-refractivity contribution in [1.29, 1.82) is 5.26 Å². The van der Waals surface area contributed by atoms with Crippen molar-refractivity contribution < 1.29 is 23.1 Å². The monoisotopic (exact) mass is 372 g/mol. The van der Waals surface area contributed by atoms with E-state index in [1.807, 2.05) is 4.90 Å². The van der Waals surface area contributed by atoms with Crippen LogP contribution in [0.2, 0.25) is 0 Å². The van der Waals surface area contributed by atoms with E-state index in [9.17, 15) is 23.1 Å². The topological polar surface area (TPSA) is 122 Å². The Morgan fingerprint density at radius 3 is 2.24 bits per heavy atom. The summed E-state index contributed by atoms with van der Waals surface area (Å²) < 4.78 is 27.0. The van der Waals surface area contributed by atoms with Crippen molar-refractivity contribution >= 4 is 22.1 Å². The van der Waals surface area contributed by atoms with Gasteiger partial charge < -0.3 is 5.11 Å². The first-order chi connectivity index (χ1) is 11.4. The van der Waals surface area contributed by atoms with Gasteiger partial charge in [-0.2, -0.15) is 22.3 Å². The molecule has 2 aliphatic rings. The van der Waals surface area contributed by atoms with Gasteiger partial charge in [0, 0.05) is 39.0 Å². The molecule has 2 fully saturated rings. The average molecular weight is 372 g/mol. The molecular weight excluding hydrogens is 348 g/mol. The van der Waals surface area contributed by atoms with Crippen LogP contribution in [-0.4, -0.2) is 76.2 Å². The number of carboxylic acid groups (broad SMARTS) is 1. The highest BCUT2D eigenvalue weighted by molar-refractivity contribution is 7.87. The summed E-state index contributed by atoms with van der Waals surface area (Å²) in [5.74, 6) is 0.164. The van der Waals surface area contributed by atoms with E-state index in [0.29, 0.717) is 30.2 Å². The normalized spacial score (nSPS) is 22.1. The predicted molar refractivity (Wildman–Crippen MR) is 88.9 cm³/mol. The van der Waals surface area contributed by atoms with Crippen molar-refractivity contribution in [3.8, 4) is 6.07 Å². The van der Waals surface area contributed by atoms with Gasteiger partial charge in [0.25, 0.3) is 0 Å². The third kappa shape index (κ3) is 3.63. The summed E-state index contributed by atoms with van der Waals surface area (Å²) in [6, 6.07) is 2.10. The van der Waals surface area contributed by atoms with E-state index >= 15 is 0 Å². The molecule has 0 aliphatic carbocycles. The van der Waals surface area contributed by atoms with Crippen LogP contribution < -0.4 is 0 Å². The zero-order valence-electron chi connectivity index (χ0n) is 14.7. The molecule has 10 heteroatoms. The number of hydrogen-bond acceptors (Lipinski definition) is 6. The number of nitrogens with zero attached hydrogens (tertiary/aromatic N) is 4. The molecule has 0 aromatic heterocycles. The van der Waals surface area contributed by atoms with Gasteiger partial charge >= 0.3 is 16.3 Å². The van der Waals surface area contributed by atoms with Gasteiger partial charge in [-0.05, 0) is 20.8 Å². The van der Waals surface area contributed by atoms with E-state index in [2.05, 4.69) is 6.07 Å². The molecular formula is C15H24N4O5S. The molecule has 2 saturated heterocycles. The smallest absolute Gasteiger partial charge is 0.422 e. The quantitative estimate of drug-likeness (QED) is 0.768. The van der Waals surface area contributed by atoms with Crippen LogP contribution in [0.3, 0.4) is 0 Å². The summed E-state index contributed by atoms with van der Waals surface area (Å²) >= 11 is 0. The summed E-state index contributed by atoms with van der Waals surface area (Å²) in [7, 11) is -4.20. The lowest BCUT2D eigenvalue weighted by molar-refractivity contribution is -0.124. The lowest BCUT2D eigenvalue weighted by Crippen LogP contribution is -2.74. The predicted octanol–water partition coefficient (Wildman–Crippen LogP) is 0.643. The fourth-order valence-electron chi connectivity index (χ4n) is 3.42. The highest BCUT2D eigenvalue weighted by Crippen LogP contribution is 2.36. The van der Waals surface area contributed by atoms with Crippen LogP contribution in [0.1, 0.15) is 40.0 Å². The number of ketones is 1. The van der Waals surface area contributed by atoms with Crippen LogP contribution in [0.5, 0.6) is 0 Å². The van der Waals surface area contributed by atoms with E-state index in [-0.39, 0.29) is 25.3 Å². The van der Waals surface area contributed by atoms with Crippen LogP contribution in [0, 0.1) is 11.3 Å².